The van der Waals surface area contributed by atoms with Gasteiger partial charge >= 0.3 is 19.8 Å². The highest BCUT2D eigenvalue weighted by atomic mass is 31.2. The minimum atomic E-state index is -4.72. The van der Waals surface area contributed by atoms with Gasteiger partial charge in [0.1, 0.15) is 6.61 Å². The first-order chi connectivity index (χ1) is 16.3. The first kappa shape index (κ1) is 33.0. The molecule has 0 fully saturated rings. The second-order valence-electron chi connectivity index (χ2n) is 8.88. The second kappa shape index (κ2) is 22.5. The molecular weight excluding hydrogens is 459 g/mol. The molecule has 0 spiro atoms. The molecule has 0 aromatic rings. The fourth-order valence-corrected chi connectivity index (χ4v) is 3.89. The fraction of sp³-hybridized carbons (Fsp3) is 0.880. The average molecular weight is 508 g/mol. The lowest BCUT2D eigenvalue weighted by Gasteiger charge is -2.18. The maximum atomic E-state index is 12.1. The number of carbonyl (C=O) groups excluding carboxylic acids is 2. The molecule has 1 atom stereocenters. The van der Waals surface area contributed by atoms with Crippen LogP contribution in [0.1, 0.15) is 122 Å². The molecular formula is C25H48O8P-. The van der Waals surface area contributed by atoms with Crippen molar-refractivity contribution in [3.8, 4) is 0 Å². The number of phosphoric ester groups is 1. The molecule has 0 aliphatic carbocycles. The Kier molecular flexibility index (Phi) is 21.9. The maximum Gasteiger partial charge on any atom is 0.469 e. The van der Waals surface area contributed by atoms with E-state index in [0.29, 0.717) is 6.42 Å². The summed E-state index contributed by atoms with van der Waals surface area (Å²) < 4.78 is 25.9. The van der Waals surface area contributed by atoms with Crippen LogP contribution in [0.25, 0.3) is 0 Å². The molecule has 0 saturated heterocycles. The van der Waals surface area contributed by atoms with Crippen molar-refractivity contribution in [1.29, 1.82) is 0 Å². The van der Waals surface area contributed by atoms with Gasteiger partial charge in [-0.1, -0.05) is 90.4 Å². The lowest BCUT2D eigenvalue weighted by molar-refractivity contribution is -0.161. The highest BCUT2D eigenvalue weighted by Gasteiger charge is 2.22. The predicted octanol–water partition coefficient (Wildman–Crippen LogP) is 6.43. The van der Waals surface area contributed by atoms with Crippen molar-refractivity contribution in [2.75, 3.05) is 13.2 Å². The maximum absolute atomic E-state index is 12.1. The van der Waals surface area contributed by atoms with E-state index in [4.69, 9.17) is 19.3 Å². The third-order valence-electron chi connectivity index (χ3n) is 5.52. The van der Waals surface area contributed by atoms with Crippen LogP contribution in [0.3, 0.4) is 0 Å². The van der Waals surface area contributed by atoms with Crippen molar-refractivity contribution in [3.05, 3.63) is 6.92 Å². The Morgan fingerprint density at radius 2 is 1.21 bits per heavy atom. The Morgan fingerprint density at radius 3 is 1.71 bits per heavy atom. The highest BCUT2D eigenvalue weighted by molar-refractivity contribution is 7.46. The lowest BCUT2D eigenvalue weighted by Crippen LogP contribution is -2.29. The molecule has 0 aliphatic rings. The first-order valence-electron chi connectivity index (χ1n) is 13.1. The molecule has 0 amide bonds. The molecule has 0 aromatic heterocycles. The first-order valence-corrected chi connectivity index (χ1v) is 14.7. The van der Waals surface area contributed by atoms with Crippen molar-refractivity contribution in [3.63, 3.8) is 0 Å². The number of ether oxygens (including phenoxy) is 2. The molecule has 0 radical (unpaired) electrons. The van der Waals surface area contributed by atoms with Gasteiger partial charge in [0.15, 0.2) is 6.10 Å². The van der Waals surface area contributed by atoms with E-state index in [0.717, 1.165) is 57.8 Å². The molecule has 8 nitrogen and oxygen atoms in total. The molecule has 202 valence electrons. The van der Waals surface area contributed by atoms with E-state index >= 15 is 0 Å². The van der Waals surface area contributed by atoms with E-state index < -0.39 is 32.5 Å². The van der Waals surface area contributed by atoms with Crippen LogP contribution in [0.4, 0.5) is 0 Å². The predicted molar refractivity (Wildman–Crippen MR) is 133 cm³/mol. The van der Waals surface area contributed by atoms with Gasteiger partial charge in [-0.25, -0.2) is 4.57 Å². The van der Waals surface area contributed by atoms with E-state index in [1.54, 1.807) is 0 Å². The molecule has 0 heterocycles. The number of rotatable bonds is 24. The van der Waals surface area contributed by atoms with Crippen LogP contribution in [0.5, 0.6) is 0 Å². The molecule has 2 N–H and O–H groups in total. The summed E-state index contributed by atoms with van der Waals surface area (Å²) >= 11 is 0. The zero-order valence-electron chi connectivity index (χ0n) is 21.2. The topological polar surface area (TPSA) is 119 Å². The Balaban J connectivity index is 4.10. The summed E-state index contributed by atoms with van der Waals surface area (Å²) in [5, 5.41) is 0. The molecule has 34 heavy (non-hydrogen) atoms. The summed E-state index contributed by atoms with van der Waals surface area (Å²) in [7, 11) is -4.72. The van der Waals surface area contributed by atoms with Crippen LogP contribution in [-0.4, -0.2) is 41.0 Å². The SMILES string of the molecule is [CH2-]CCCCCCCCCCCC(=O)O[C@H](COC(=O)CCCCCCCC)COP(=O)(O)O. The summed E-state index contributed by atoms with van der Waals surface area (Å²) in [4.78, 5) is 41.9. The van der Waals surface area contributed by atoms with Crippen LogP contribution >= 0.6 is 7.82 Å². The van der Waals surface area contributed by atoms with E-state index in [9.17, 15) is 14.2 Å². The summed E-state index contributed by atoms with van der Waals surface area (Å²) in [6.45, 7) is 5.17. The second-order valence-corrected chi connectivity index (χ2v) is 10.1. The number of phosphoric acid groups is 1. The summed E-state index contributed by atoms with van der Waals surface area (Å²) in [5.41, 5.74) is 0. The molecule has 0 aromatic carbocycles. The molecule has 0 saturated carbocycles. The fourth-order valence-electron chi connectivity index (χ4n) is 3.53. The largest absolute Gasteiger partial charge is 0.469 e. The quantitative estimate of drug-likeness (QED) is 0.0664. The van der Waals surface area contributed by atoms with Gasteiger partial charge < -0.3 is 26.2 Å². The molecule has 0 bridgehead atoms. The Morgan fingerprint density at radius 1 is 0.735 bits per heavy atom. The zero-order chi connectivity index (χ0) is 25.5. The third kappa shape index (κ3) is 24.2. The Hall–Kier alpha value is -0.950. The van der Waals surface area contributed by atoms with Crippen molar-refractivity contribution >= 4 is 19.8 Å². The van der Waals surface area contributed by atoms with E-state index in [1.807, 2.05) is 0 Å². The smallest absolute Gasteiger partial charge is 0.462 e. The third-order valence-corrected chi connectivity index (χ3v) is 6.01. The van der Waals surface area contributed by atoms with Gasteiger partial charge in [0.05, 0.1) is 6.61 Å². The lowest BCUT2D eigenvalue weighted by atomic mass is 10.1. The molecule has 0 aliphatic heterocycles. The molecule has 0 unspecified atom stereocenters. The van der Waals surface area contributed by atoms with E-state index in [2.05, 4.69) is 18.4 Å². The number of unbranched alkanes of at least 4 members (excludes halogenated alkanes) is 14. The average Bonchev–Trinajstić information content (AvgIpc) is 2.78. The van der Waals surface area contributed by atoms with Gasteiger partial charge in [-0.15, -0.1) is 0 Å². The monoisotopic (exact) mass is 507 g/mol. The molecule has 9 heteroatoms. The standard InChI is InChI=1S/C25H48O8P/c1-3-5-7-9-11-12-13-14-16-18-20-25(27)33-23(22-32-34(28,29)30)21-31-24(26)19-17-15-10-8-6-4-2/h23H,1,3-22H2,2H3,(H2,28,29,30)/q-1/t23-/m1/s1. The Labute approximate surface area is 206 Å². The van der Waals surface area contributed by atoms with Crippen molar-refractivity contribution in [2.24, 2.45) is 0 Å². The number of carbonyl (C=O) groups is 2. The number of hydrogen-bond donors (Lipinski definition) is 2. The van der Waals surface area contributed by atoms with Crippen LogP contribution in [-0.2, 0) is 28.2 Å². The van der Waals surface area contributed by atoms with Gasteiger partial charge in [0, 0.05) is 12.8 Å². The van der Waals surface area contributed by atoms with Crippen molar-refractivity contribution < 1.29 is 37.9 Å². The minimum Gasteiger partial charge on any atom is -0.462 e. The van der Waals surface area contributed by atoms with Crippen LogP contribution in [0.2, 0.25) is 0 Å². The normalized spacial score (nSPS) is 12.5. The highest BCUT2D eigenvalue weighted by Crippen LogP contribution is 2.35. The van der Waals surface area contributed by atoms with Gasteiger partial charge in [0.25, 0.3) is 0 Å². The summed E-state index contributed by atoms with van der Waals surface area (Å²) in [5.74, 6) is -0.904. The number of hydrogen-bond acceptors (Lipinski definition) is 6. The van der Waals surface area contributed by atoms with Crippen molar-refractivity contribution in [2.45, 2.75) is 129 Å². The Bertz CT molecular complexity index is 549. The van der Waals surface area contributed by atoms with Gasteiger partial charge in [-0.05, 0) is 12.8 Å². The van der Waals surface area contributed by atoms with Gasteiger partial charge in [-0.3, -0.25) is 14.1 Å². The van der Waals surface area contributed by atoms with E-state index in [1.165, 1.54) is 38.5 Å². The summed E-state index contributed by atoms with van der Waals surface area (Å²) in [6.07, 6.45) is 16.6. The minimum absolute atomic E-state index is 0.210. The van der Waals surface area contributed by atoms with Crippen LogP contribution in [0, 0.1) is 6.92 Å². The van der Waals surface area contributed by atoms with Crippen LogP contribution < -0.4 is 0 Å². The van der Waals surface area contributed by atoms with Crippen molar-refractivity contribution in [1.82, 2.24) is 0 Å². The zero-order valence-corrected chi connectivity index (χ0v) is 22.1. The van der Waals surface area contributed by atoms with Gasteiger partial charge in [0.2, 0.25) is 0 Å². The summed E-state index contributed by atoms with van der Waals surface area (Å²) in [6, 6.07) is 0. The van der Waals surface area contributed by atoms with E-state index in [-0.39, 0.29) is 19.4 Å². The molecule has 0 rings (SSSR count). The van der Waals surface area contributed by atoms with Crippen LogP contribution in [0.15, 0.2) is 0 Å². The van der Waals surface area contributed by atoms with Gasteiger partial charge in [-0.2, -0.15) is 6.42 Å². The number of esters is 2.